The number of imide groups is 1. The van der Waals surface area contributed by atoms with E-state index in [2.05, 4.69) is 10.6 Å². The summed E-state index contributed by atoms with van der Waals surface area (Å²) in [5.74, 6) is -0.812. The summed E-state index contributed by atoms with van der Waals surface area (Å²) < 4.78 is 27.6. The number of hydrogen-bond donors (Lipinski definition) is 2. The van der Waals surface area contributed by atoms with Gasteiger partial charge in [-0.25, -0.2) is 13.2 Å². The third-order valence-electron chi connectivity index (χ3n) is 6.84. The van der Waals surface area contributed by atoms with Gasteiger partial charge in [0.25, 0.3) is 11.6 Å². The number of nitrogens with one attached hydrogen (secondary N) is 2. The summed E-state index contributed by atoms with van der Waals surface area (Å²) in [6.07, 6.45) is 0.974. The minimum Gasteiger partial charge on any atom is -0.325 e. The monoisotopic (exact) mass is 543 g/mol. The molecule has 0 bridgehead atoms. The van der Waals surface area contributed by atoms with E-state index in [0.29, 0.717) is 24.3 Å². The maximum Gasteiger partial charge on any atom is 0.325 e. The second-order valence-corrected chi connectivity index (χ2v) is 12.0. The van der Waals surface area contributed by atoms with Crippen LogP contribution in [0.2, 0.25) is 0 Å². The molecule has 2 aliphatic rings. The Hall–Kier alpha value is -3.84. The second kappa shape index (κ2) is 10.1. The molecule has 2 aliphatic heterocycles. The van der Waals surface area contributed by atoms with Crippen LogP contribution in [0.4, 0.5) is 16.2 Å². The molecule has 0 aliphatic carbocycles. The fourth-order valence-electron chi connectivity index (χ4n) is 4.96. The van der Waals surface area contributed by atoms with Crippen molar-refractivity contribution < 1.29 is 27.7 Å². The SMILES string of the molecule is CC1CC(C)CN(S(=O)(=O)c2ccc(NC(=O)CN3C(=O)NC(C)(c4ccc([N+](=O)[O-])cc4)C3=O)cc2)C1. The van der Waals surface area contributed by atoms with Crippen molar-refractivity contribution in [3.8, 4) is 0 Å². The quantitative estimate of drug-likeness (QED) is 0.308. The maximum atomic E-state index is 13.1. The maximum absolute atomic E-state index is 13.1. The van der Waals surface area contributed by atoms with Crippen molar-refractivity contribution in [2.24, 2.45) is 11.8 Å². The van der Waals surface area contributed by atoms with Crippen molar-refractivity contribution >= 4 is 39.2 Å². The Labute approximate surface area is 220 Å². The van der Waals surface area contributed by atoms with Gasteiger partial charge in [-0.05, 0) is 67.1 Å². The number of nitrogens with zero attached hydrogens (tertiary/aromatic N) is 3. The van der Waals surface area contributed by atoms with E-state index >= 15 is 0 Å². The number of amides is 4. The predicted molar refractivity (Wildman–Crippen MR) is 137 cm³/mol. The van der Waals surface area contributed by atoms with Crippen molar-refractivity contribution in [3.05, 3.63) is 64.2 Å². The van der Waals surface area contributed by atoms with Gasteiger partial charge in [-0.2, -0.15) is 4.31 Å². The Morgan fingerprint density at radius 1 is 1.08 bits per heavy atom. The van der Waals surface area contributed by atoms with Crippen LogP contribution in [-0.2, 0) is 25.2 Å². The minimum atomic E-state index is -3.68. The van der Waals surface area contributed by atoms with Gasteiger partial charge in [0.15, 0.2) is 0 Å². The molecule has 2 aromatic rings. The average molecular weight is 544 g/mol. The van der Waals surface area contributed by atoms with Gasteiger partial charge in [0.2, 0.25) is 15.9 Å². The van der Waals surface area contributed by atoms with Crippen LogP contribution in [0.1, 0.15) is 32.8 Å². The first-order chi connectivity index (χ1) is 17.8. The molecule has 2 aromatic carbocycles. The van der Waals surface area contributed by atoms with Gasteiger partial charge in [0.1, 0.15) is 12.1 Å². The number of sulfonamides is 1. The van der Waals surface area contributed by atoms with E-state index in [1.165, 1.54) is 59.8 Å². The molecule has 0 spiro atoms. The summed E-state index contributed by atoms with van der Waals surface area (Å²) in [6.45, 7) is 5.84. The lowest BCUT2D eigenvalue weighted by Gasteiger charge is -2.34. The second-order valence-electron chi connectivity index (χ2n) is 10.1. The number of benzene rings is 2. The van der Waals surface area contributed by atoms with Gasteiger partial charge in [0, 0.05) is 30.9 Å². The highest BCUT2D eigenvalue weighted by molar-refractivity contribution is 7.89. The Morgan fingerprint density at radius 3 is 2.21 bits per heavy atom. The van der Waals surface area contributed by atoms with E-state index in [-0.39, 0.29) is 22.4 Å². The van der Waals surface area contributed by atoms with Crippen LogP contribution in [-0.4, -0.2) is 60.0 Å². The molecule has 2 heterocycles. The molecule has 4 rings (SSSR count). The molecule has 0 aromatic heterocycles. The summed E-state index contributed by atoms with van der Waals surface area (Å²) >= 11 is 0. The zero-order valence-electron chi connectivity index (χ0n) is 21.2. The van der Waals surface area contributed by atoms with Crippen molar-refractivity contribution in [1.82, 2.24) is 14.5 Å². The van der Waals surface area contributed by atoms with E-state index < -0.39 is 44.9 Å². The number of anilines is 1. The highest BCUT2D eigenvalue weighted by Crippen LogP contribution is 2.30. The number of nitro benzene ring substituents is 1. The van der Waals surface area contributed by atoms with Gasteiger partial charge in [0.05, 0.1) is 9.82 Å². The highest BCUT2D eigenvalue weighted by Gasteiger charge is 2.49. The number of hydrogen-bond acceptors (Lipinski definition) is 7. The first kappa shape index (κ1) is 27.2. The standard InChI is InChI=1S/C25H29N5O7S/c1-16-12-17(2)14-28(13-16)38(36,37)21-10-6-19(7-11-21)26-22(31)15-29-23(32)25(3,27-24(29)33)18-4-8-20(9-5-18)30(34)35/h4-11,16-17H,12-15H2,1-3H3,(H,26,31)(H,27,33). The van der Waals surface area contributed by atoms with Crippen molar-refractivity contribution in [3.63, 3.8) is 0 Å². The molecule has 3 atom stereocenters. The predicted octanol–water partition coefficient (Wildman–Crippen LogP) is 2.67. The molecule has 38 heavy (non-hydrogen) atoms. The van der Waals surface area contributed by atoms with Crippen LogP contribution in [0.25, 0.3) is 0 Å². The van der Waals surface area contributed by atoms with Crippen LogP contribution in [0.15, 0.2) is 53.4 Å². The van der Waals surface area contributed by atoms with E-state index in [1.54, 1.807) is 0 Å². The van der Waals surface area contributed by atoms with Crippen LogP contribution in [0, 0.1) is 22.0 Å². The molecule has 2 N–H and O–H groups in total. The topological polar surface area (TPSA) is 159 Å². The molecule has 2 saturated heterocycles. The van der Waals surface area contributed by atoms with Crippen LogP contribution in [0.3, 0.4) is 0 Å². The molecular weight excluding hydrogens is 514 g/mol. The van der Waals surface area contributed by atoms with Gasteiger partial charge in [-0.3, -0.25) is 24.6 Å². The lowest BCUT2D eigenvalue weighted by Crippen LogP contribution is -2.42. The third kappa shape index (κ3) is 5.24. The van der Waals surface area contributed by atoms with E-state index in [1.807, 2.05) is 13.8 Å². The molecule has 13 heteroatoms. The molecule has 202 valence electrons. The van der Waals surface area contributed by atoms with Crippen molar-refractivity contribution in [2.45, 2.75) is 37.6 Å². The lowest BCUT2D eigenvalue weighted by molar-refractivity contribution is -0.384. The molecule has 3 unspecified atom stereocenters. The summed E-state index contributed by atoms with van der Waals surface area (Å²) in [6, 6.07) is 10.2. The third-order valence-corrected chi connectivity index (χ3v) is 8.69. The van der Waals surface area contributed by atoms with Gasteiger partial charge >= 0.3 is 6.03 Å². The van der Waals surface area contributed by atoms with Crippen molar-refractivity contribution in [2.75, 3.05) is 25.0 Å². The number of piperidine rings is 1. The van der Waals surface area contributed by atoms with Gasteiger partial charge < -0.3 is 10.6 Å². The Kier molecular flexibility index (Phi) is 7.26. The zero-order valence-corrected chi connectivity index (χ0v) is 22.0. The fourth-order valence-corrected chi connectivity index (χ4v) is 6.64. The first-order valence-corrected chi connectivity index (χ1v) is 13.5. The molecular formula is C25H29N5O7S. The van der Waals surface area contributed by atoms with Crippen LogP contribution >= 0.6 is 0 Å². The number of non-ortho nitro benzene ring substituents is 1. The molecule has 2 fully saturated rings. The number of carbonyl (C=O) groups excluding carboxylic acids is 3. The largest absolute Gasteiger partial charge is 0.325 e. The first-order valence-electron chi connectivity index (χ1n) is 12.1. The smallest absolute Gasteiger partial charge is 0.325 e. The minimum absolute atomic E-state index is 0.116. The van der Waals surface area contributed by atoms with Gasteiger partial charge in [-0.15, -0.1) is 0 Å². The average Bonchev–Trinajstić information content (AvgIpc) is 3.07. The van der Waals surface area contributed by atoms with E-state index in [4.69, 9.17) is 0 Å². The lowest BCUT2D eigenvalue weighted by atomic mass is 9.92. The molecule has 0 saturated carbocycles. The number of urea groups is 1. The van der Waals surface area contributed by atoms with Crippen LogP contribution in [0.5, 0.6) is 0 Å². The van der Waals surface area contributed by atoms with Crippen molar-refractivity contribution in [1.29, 1.82) is 0 Å². The summed E-state index contributed by atoms with van der Waals surface area (Å²) in [4.78, 5) is 49.4. The number of rotatable bonds is 7. The summed E-state index contributed by atoms with van der Waals surface area (Å²) in [5.41, 5.74) is -1.02. The van der Waals surface area contributed by atoms with Crippen LogP contribution < -0.4 is 10.6 Å². The Morgan fingerprint density at radius 2 is 1.66 bits per heavy atom. The zero-order chi connectivity index (χ0) is 27.8. The number of carbonyl (C=O) groups is 3. The van der Waals surface area contributed by atoms with E-state index in [9.17, 15) is 32.9 Å². The summed E-state index contributed by atoms with van der Waals surface area (Å²) in [7, 11) is -3.68. The molecule has 4 amide bonds. The normalized spacial score (nSPS) is 24.2. The Balaban J connectivity index is 1.41. The highest BCUT2D eigenvalue weighted by atomic mass is 32.2. The Bertz CT molecular complexity index is 1370. The molecule has 0 radical (unpaired) electrons. The number of nitro groups is 1. The van der Waals surface area contributed by atoms with Gasteiger partial charge in [-0.1, -0.05) is 13.8 Å². The van der Waals surface area contributed by atoms with E-state index in [0.717, 1.165) is 11.3 Å². The summed E-state index contributed by atoms with van der Waals surface area (Å²) in [5, 5.41) is 16.0. The fraction of sp³-hybridized carbons (Fsp3) is 0.400. The molecule has 12 nitrogen and oxygen atoms in total.